The number of carboxylic acids is 1. The minimum Gasteiger partial charge on any atom is -0.481 e. The van der Waals surface area contributed by atoms with Gasteiger partial charge >= 0.3 is 12.0 Å². The number of carbonyl (C=O) groups is 2. The highest BCUT2D eigenvalue weighted by Crippen LogP contribution is 2.24. The van der Waals surface area contributed by atoms with E-state index in [1.165, 1.54) is 0 Å². The average Bonchev–Trinajstić information content (AvgIpc) is 2.74. The molecule has 1 aliphatic heterocycles. The van der Waals surface area contributed by atoms with E-state index in [-0.39, 0.29) is 18.5 Å². The van der Waals surface area contributed by atoms with Crippen molar-refractivity contribution in [1.29, 1.82) is 0 Å². The van der Waals surface area contributed by atoms with Gasteiger partial charge in [-0.05, 0) is 52.8 Å². The van der Waals surface area contributed by atoms with E-state index in [9.17, 15) is 9.59 Å². The summed E-state index contributed by atoms with van der Waals surface area (Å²) in [5.41, 5.74) is 0.719. The van der Waals surface area contributed by atoms with Gasteiger partial charge < -0.3 is 15.3 Å². The van der Waals surface area contributed by atoms with E-state index in [0.717, 1.165) is 9.26 Å². The van der Waals surface area contributed by atoms with Gasteiger partial charge in [-0.3, -0.25) is 4.79 Å². The van der Waals surface area contributed by atoms with Crippen molar-refractivity contribution in [1.82, 2.24) is 4.90 Å². The fourth-order valence-electron chi connectivity index (χ4n) is 2.19. The highest BCUT2D eigenvalue weighted by atomic mass is 127. The van der Waals surface area contributed by atoms with Crippen LogP contribution in [0.2, 0.25) is 0 Å². The summed E-state index contributed by atoms with van der Waals surface area (Å²) >= 11 is 2.19. The topological polar surface area (TPSA) is 69.6 Å². The minimum absolute atomic E-state index is 0.0139. The summed E-state index contributed by atoms with van der Waals surface area (Å²) in [4.78, 5) is 24.6. The average molecular weight is 374 g/mol. The van der Waals surface area contributed by atoms with Crippen LogP contribution in [0.15, 0.2) is 24.3 Å². The predicted octanol–water partition coefficient (Wildman–Crippen LogP) is 2.48. The number of anilines is 1. The number of nitrogens with one attached hydrogen (secondary N) is 1. The molecule has 1 saturated heterocycles. The van der Waals surface area contributed by atoms with Gasteiger partial charge in [0.2, 0.25) is 0 Å². The van der Waals surface area contributed by atoms with Crippen molar-refractivity contribution in [2.45, 2.75) is 6.92 Å². The third-order valence-electron chi connectivity index (χ3n) is 3.31. The molecule has 2 rings (SSSR count). The second-order valence-corrected chi connectivity index (χ2v) is 6.01. The van der Waals surface area contributed by atoms with Crippen LogP contribution in [-0.4, -0.2) is 35.1 Å². The van der Waals surface area contributed by atoms with Gasteiger partial charge in [-0.25, -0.2) is 4.79 Å². The molecule has 19 heavy (non-hydrogen) atoms. The zero-order chi connectivity index (χ0) is 14.0. The molecule has 0 bridgehead atoms. The number of carboxylic acid groups (broad SMARTS) is 1. The molecule has 1 aromatic carbocycles. The molecule has 2 amide bonds. The number of halogens is 1. The van der Waals surface area contributed by atoms with Crippen LogP contribution in [0.25, 0.3) is 0 Å². The summed E-state index contributed by atoms with van der Waals surface area (Å²) in [5.74, 6) is -1.32. The van der Waals surface area contributed by atoms with Gasteiger partial charge in [-0.15, -0.1) is 0 Å². The first-order valence-corrected chi connectivity index (χ1v) is 7.09. The third-order valence-corrected chi connectivity index (χ3v) is 4.03. The van der Waals surface area contributed by atoms with Gasteiger partial charge in [0.25, 0.3) is 0 Å². The van der Waals surface area contributed by atoms with Crippen molar-refractivity contribution in [3.63, 3.8) is 0 Å². The molecule has 0 radical (unpaired) electrons. The van der Waals surface area contributed by atoms with Crippen LogP contribution in [0.5, 0.6) is 0 Å². The Morgan fingerprint density at radius 3 is 2.47 bits per heavy atom. The molecule has 0 aliphatic carbocycles. The maximum atomic E-state index is 12.0. The number of amides is 2. The minimum atomic E-state index is -0.836. The third kappa shape index (κ3) is 3.37. The van der Waals surface area contributed by atoms with Crippen LogP contribution in [-0.2, 0) is 4.79 Å². The quantitative estimate of drug-likeness (QED) is 0.782. The molecule has 1 aliphatic rings. The monoisotopic (exact) mass is 374 g/mol. The molecule has 6 heteroatoms. The molecule has 2 atom stereocenters. The molecule has 1 fully saturated rings. The zero-order valence-corrected chi connectivity index (χ0v) is 12.6. The predicted molar refractivity (Wildman–Crippen MR) is 80.0 cm³/mol. The molecule has 2 N–H and O–H groups in total. The SMILES string of the molecule is CC1CN(C(=O)Nc2ccc(I)cc2)CC1C(=O)O. The maximum absolute atomic E-state index is 12.0. The maximum Gasteiger partial charge on any atom is 0.321 e. The number of nitrogens with zero attached hydrogens (tertiary/aromatic N) is 1. The lowest BCUT2D eigenvalue weighted by Gasteiger charge is -2.16. The number of aliphatic carboxylic acids is 1. The standard InChI is InChI=1S/C13H15IN2O3/c1-8-6-16(7-11(8)12(17)18)13(19)15-10-4-2-9(14)3-5-10/h2-5,8,11H,6-7H2,1H3,(H,15,19)(H,17,18). The highest BCUT2D eigenvalue weighted by molar-refractivity contribution is 14.1. The van der Waals surface area contributed by atoms with E-state index in [4.69, 9.17) is 5.11 Å². The van der Waals surface area contributed by atoms with Crippen molar-refractivity contribution in [2.75, 3.05) is 18.4 Å². The first-order chi connectivity index (χ1) is 8.97. The lowest BCUT2D eigenvalue weighted by atomic mass is 9.99. The van der Waals surface area contributed by atoms with Crippen molar-refractivity contribution in [2.24, 2.45) is 11.8 Å². The van der Waals surface area contributed by atoms with Crippen LogP contribution in [0.3, 0.4) is 0 Å². The van der Waals surface area contributed by atoms with E-state index >= 15 is 0 Å². The largest absolute Gasteiger partial charge is 0.481 e. The Bertz CT molecular complexity index is 489. The van der Waals surface area contributed by atoms with Gasteiger partial charge in [0.15, 0.2) is 0 Å². The molecule has 0 aromatic heterocycles. The van der Waals surface area contributed by atoms with Crippen molar-refractivity contribution in [3.05, 3.63) is 27.8 Å². The summed E-state index contributed by atoms with van der Waals surface area (Å²) in [6.45, 7) is 2.61. The second kappa shape index (κ2) is 5.77. The summed E-state index contributed by atoms with van der Waals surface area (Å²) in [5, 5.41) is 11.8. The Hall–Kier alpha value is -1.31. The van der Waals surface area contributed by atoms with Crippen molar-refractivity contribution < 1.29 is 14.7 Å². The highest BCUT2D eigenvalue weighted by Gasteiger charge is 2.36. The Morgan fingerprint density at radius 2 is 1.95 bits per heavy atom. The lowest BCUT2D eigenvalue weighted by Crippen LogP contribution is -2.33. The van der Waals surface area contributed by atoms with E-state index in [0.29, 0.717) is 6.54 Å². The fourth-order valence-corrected chi connectivity index (χ4v) is 2.55. The number of hydrogen-bond donors (Lipinski definition) is 2. The first-order valence-electron chi connectivity index (χ1n) is 6.01. The Balaban J connectivity index is 1.98. The van der Waals surface area contributed by atoms with Gasteiger partial charge in [-0.1, -0.05) is 6.92 Å². The second-order valence-electron chi connectivity index (χ2n) is 4.76. The molecule has 0 spiro atoms. The number of hydrogen-bond acceptors (Lipinski definition) is 2. The first kappa shape index (κ1) is 14.1. The van der Waals surface area contributed by atoms with E-state index < -0.39 is 11.9 Å². The van der Waals surface area contributed by atoms with Crippen LogP contribution >= 0.6 is 22.6 Å². The van der Waals surface area contributed by atoms with E-state index in [1.54, 1.807) is 4.90 Å². The number of carbonyl (C=O) groups excluding carboxylic acids is 1. The molecular weight excluding hydrogens is 359 g/mol. The lowest BCUT2D eigenvalue weighted by molar-refractivity contribution is -0.142. The number of rotatable bonds is 2. The van der Waals surface area contributed by atoms with Crippen LogP contribution in [0.1, 0.15) is 6.92 Å². The molecule has 0 saturated carbocycles. The smallest absolute Gasteiger partial charge is 0.321 e. The van der Waals surface area contributed by atoms with Crippen LogP contribution < -0.4 is 5.32 Å². The Morgan fingerprint density at radius 1 is 1.32 bits per heavy atom. The van der Waals surface area contributed by atoms with Crippen LogP contribution in [0, 0.1) is 15.4 Å². The van der Waals surface area contributed by atoms with Crippen molar-refractivity contribution in [3.8, 4) is 0 Å². The molecule has 2 unspecified atom stereocenters. The number of benzene rings is 1. The molecule has 1 heterocycles. The van der Waals surface area contributed by atoms with Crippen LogP contribution in [0.4, 0.5) is 10.5 Å². The fraction of sp³-hybridized carbons (Fsp3) is 0.385. The van der Waals surface area contributed by atoms with Gasteiger partial charge in [0.05, 0.1) is 5.92 Å². The van der Waals surface area contributed by atoms with Gasteiger partial charge in [0.1, 0.15) is 0 Å². The Kier molecular flexibility index (Phi) is 4.28. The number of urea groups is 1. The van der Waals surface area contributed by atoms with E-state index in [1.807, 2.05) is 31.2 Å². The van der Waals surface area contributed by atoms with E-state index in [2.05, 4.69) is 27.9 Å². The molecular formula is C13H15IN2O3. The summed E-state index contributed by atoms with van der Waals surface area (Å²) in [6, 6.07) is 7.23. The summed E-state index contributed by atoms with van der Waals surface area (Å²) in [7, 11) is 0. The normalized spacial score (nSPS) is 22.3. The number of likely N-dealkylation sites (tertiary alicyclic amines) is 1. The summed E-state index contributed by atoms with van der Waals surface area (Å²) < 4.78 is 1.09. The molecule has 1 aromatic rings. The Labute approximate surface area is 125 Å². The molecule has 5 nitrogen and oxygen atoms in total. The van der Waals surface area contributed by atoms with Gasteiger partial charge in [-0.2, -0.15) is 0 Å². The van der Waals surface area contributed by atoms with Gasteiger partial charge in [0, 0.05) is 22.3 Å². The molecule has 102 valence electrons. The zero-order valence-electron chi connectivity index (χ0n) is 10.5. The van der Waals surface area contributed by atoms with Crippen molar-refractivity contribution >= 4 is 40.3 Å². The summed E-state index contributed by atoms with van der Waals surface area (Å²) in [6.07, 6.45) is 0.